The molecule has 13 heteroatoms. The van der Waals surface area contributed by atoms with Gasteiger partial charge in [-0.1, -0.05) is 13.8 Å². The first-order chi connectivity index (χ1) is 17.8. The molecule has 2 amide bonds. The predicted molar refractivity (Wildman–Crippen MR) is 147 cm³/mol. The fourth-order valence-corrected chi connectivity index (χ4v) is 5.93. The summed E-state index contributed by atoms with van der Waals surface area (Å²) in [5.41, 5.74) is -1.29. The smallest absolute Gasteiger partial charge is 0.444 e. The van der Waals surface area contributed by atoms with Crippen LogP contribution in [0.4, 0.5) is 4.79 Å². The number of alkyl carbamates (subject to hydrolysis) is 1. The average molecular weight is 567 g/mol. The molecule has 2 fully saturated rings. The molecule has 2 atom stereocenters. The van der Waals surface area contributed by atoms with Crippen LogP contribution in [0.15, 0.2) is 17.6 Å². The SMILES string of the molecule is CC(C)[C@H](NC(=O)OC(C)(C)C)C(=O)N1CCCC[C@H]1CS(=O)(=O)c1ncc(B2OC(C)(C)C(C)(C)O2)cn1. The fraction of sp³-hybridized carbons (Fsp3) is 0.769. The number of piperidine rings is 1. The normalized spacial score (nSPS) is 22.1. The molecule has 0 aliphatic carbocycles. The maximum atomic E-state index is 13.6. The fourth-order valence-electron chi connectivity index (χ4n) is 4.51. The molecule has 0 spiro atoms. The minimum absolute atomic E-state index is 0.227. The highest BCUT2D eigenvalue weighted by molar-refractivity contribution is 7.91. The number of carbonyl (C=O) groups excluding carboxylic acids is 2. The maximum absolute atomic E-state index is 13.6. The molecule has 1 aromatic rings. The second kappa shape index (κ2) is 11.3. The van der Waals surface area contributed by atoms with E-state index in [1.165, 1.54) is 12.4 Å². The Labute approximate surface area is 232 Å². The molecule has 1 N–H and O–H groups in total. The molecule has 0 aromatic carbocycles. The molecule has 0 bridgehead atoms. The largest absolute Gasteiger partial charge is 0.498 e. The molecule has 218 valence electrons. The van der Waals surface area contributed by atoms with Crippen LogP contribution in [0.3, 0.4) is 0 Å². The Morgan fingerprint density at radius 1 is 1.13 bits per heavy atom. The molecule has 11 nitrogen and oxygen atoms in total. The van der Waals surface area contributed by atoms with E-state index in [-0.39, 0.29) is 22.7 Å². The first kappa shape index (κ1) is 31.3. The van der Waals surface area contributed by atoms with E-state index >= 15 is 0 Å². The standard InChI is InChI=1S/C26H43BN4O7S/c1-17(2)20(30-23(33)36-24(3,4)5)21(32)31-13-11-10-12-19(31)16-39(34,35)22-28-14-18(15-29-22)27-37-25(6,7)26(8,9)38-27/h14-15,17,19-20H,10-13,16H2,1-9H3,(H,30,33)/t19-,20-/m0/s1. The first-order valence-corrected chi connectivity index (χ1v) is 15.2. The van der Waals surface area contributed by atoms with Crippen LogP contribution in [0, 0.1) is 5.92 Å². The third kappa shape index (κ3) is 7.49. The third-order valence-corrected chi connectivity index (χ3v) is 8.97. The molecule has 3 heterocycles. The summed E-state index contributed by atoms with van der Waals surface area (Å²) in [6.45, 7) is 17.0. The van der Waals surface area contributed by atoms with Gasteiger partial charge in [-0.25, -0.2) is 23.2 Å². The van der Waals surface area contributed by atoms with Crippen LogP contribution < -0.4 is 10.8 Å². The summed E-state index contributed by atoms with van der Waals surface area (Å²) in [5, 5.41) is 2.37. The van der Waals surface area contributed by atoms with Crippen LogP contribution >= 0.6 is 0 Å². The van der Waals surface area contributed by atoms with E-state index in [4.69, 9.17) is 14.0 Å². The summed E-state index contributed by atoms with van der Waals surface area (Å²) in [6.07, 6.45) is 4.19. The highest BCUT2D eigenvalue weighted by Crippen LogP contribution is 2.36. The van der Waals surface area contributed by atoms with Crippen molar-refractivity contribution in [3.63, 3.8) is 0 Å². The van der Waals surface area contributed by atoms with Gasteiger partial charge in [-0.2, -0.15) is 0 Å². The predicted octanol–water partition coefficient (Wildman–Crippen LogP) is 2.48. The molecule has 2 aliphatic heterocycles. The zero-order valence-corrected chi connectivity index (χ0v) is 25.4. The number of hydrogen-bond donors (Lipinski definition) is 1. The number of aromatic nitrogens is 2. The number of amides is 2. The van der Waals surface area contributed by atoms with Gasteiger partial charge >= 0.3 is 13.2 Å². The molecule has 2 aliphatic rings. The van der Waals surface area contributed by atoms with Crippen molar-refractivity contribution in [2.24, 2.45) is 5.92 Å². The van der Waals surface area contributed by atoms with Gasteiger partial charge < -0.3 is 24.3 Å². The van der Waals surface area contributed by atoms with E-state index in [1.54, 1.807) is 25.7 Å². The van der Waals surface area contributed by atoms with Crippen molar-refractivity contribution in [1.82, 2.24) is 20.2 Å². The number of sulfone groups is 1. The molecule has 3 rings (SSSR count). The Morgan fingerprint density at radius 2 is 1.69 bits per heavy atom. The van der Waals surface area contributed by atoms with Crippen molar-refractivity contribution in [3.05, 3.63) is 12.4 Å². The van der Waals surface area contributed by atoms with Crippen LogP contribution in [0.2, 0.25) is 0 Å². The van der Waals surface area contributed by atoms with E-state index in [0.717, 1.165) is 12.8 Å². The number of nitrogens with zero attached hydrogens (tertiary/aromatic N) is 3. The Balaban J connectivity index is 1.74. The van der Waals surface area contributed by atoms with Gasteiger partial charge in [-0.05, 0) is 73.6 Å². The van der Waals surface area contributed by atoms with Crippen LogP contribution in [-0.4, -0.2) is 83.6 Å². The van der Waals surface area contributed by atoms with Gasteiger partial charge in [0.05, 0.1) is 17.0 Å². The second-order valence-corrected chi connectivity index (χ2v) is 14.6. The van der Waals surface area contributed by atoms with Crippen LogP contribution in [0.5, 0.6) is 0 Å². The van der Waals surface area contributed by atoms with Crippen LogP contribution in [0.1, 0.15) is 81.6 Å². The highest BCUT2D eigenvalue weighted by atomic mass is 32.2. The van der Waals surface area contributed by atoms with Crippen LogP contribution in [0.25, 0.3) is 0 Å². The van der Waals surface area contributed by atoms with E-state index in [0.29, 0.717) is 18.4 Å². The second-order valence-electron chi connectivity index (χ2n) is 12.7. The first-order valence-electron chi connectivity index (χ1n) is 13.5. The van der Waals surface area contributed by atoms with Crippen molar-refractivity contribution in [2.45, 2.75) is 116 Å². The van der Waals surface area contributed by atoms with Gasteiger partial charge in [0, 0.05) is 30.4 Å². The molecule has 39 heavy (non-hydrogen) atoms. The average Bonchev–Trinajstić information content (AvgIpc) is 3.02. The number of nitrogens with one attached hydrogen (secondary N) is 1. The van der Waals surface area contributed by atoms with Crippen LogP contribution in [-0.2, 0) is 28.7 Å². The molecular formula is C26H43BN4O7S. The van der Waals surface area contributed by atoms with E-state index in [2.05, 4.69) is 15.3 Å². The summed E-state index contributed by atoms with van der Waals surface area (Å²) in [7, 11) is -4.62. The zero-order chi connectivity index (χ0) is 29.4. The molecule has 0 unspecified atom stereocenters. The monoisotopic (exact) mass is 566 g/mol. The van der Waals surface area contributed by atoms with E-state index in [9.17, 15) is 18.0 Å². The number of carbonyl (C=O) groups is 2. The van der Waals surface area contributed by atoms with Gasteiger partial charge in [0.25, 0.3) is 0 Å². The minimum Gasteiger partial charge on any atom is -0.444 e. The Hall–Kier alpha value is -2.25. The zero-order valence-electron chi connectivity index (χ0n) is 24.6. The summed E-state index contributed by atoms with van der Waals surface area (Å²) >= 11 is 0. The summed E-state index contributed by atoms with van der Waals surface area (Å²) < 4.78 is 44.0. The molecule has 0 saturated carbocycles. The molecule has 1 aromatic heterocycles. The van der Waals surface area contributed by atoms with Gasteiger partial charge in [0.15, 0.2) is 0 Å². The van der Waals surface area contributed by atoms with Crippen molar-refractivity contribution in [2.75, 3.05) is 12.3 Å². The lowest BCUT2D eigenvalue weighted by Gasteiger charge is -2.38. The number of ether oxygens (including phenoxy) is 1. The Morgan fingerprint density at radius 3 is 2.21 bits per heavy atom. The quantitative estimate of drug-likeness (QED) is 0.390. The Bertz CT molecular complexity index is 1130. The van der Waals surface area contributed by atoms with Gasteiger partial charge in [-0.15, -0.1) is 0 Å². The van der Waals surface area contributed by atoms with Crippen molar-refractivity contribution in [1.29, 1.82) is 0 Å². The molecular weight excluding hydrogens is 523 g/mol. The minimum atomic E-state index is -3.92. The lowest BCUT2D eigenvalue weighted by atomic mass is 9.81. The topological polar surface area (TPSA) is 137 Å². The van der Waals surface area contributed by atoms with Crippen molar-refractivity contribution in [3.8, 4) is 0 Å². The Kier molecular flexibility index (Phi) is 9.08. The number of likely N-dealkylation sites (tertiary alicyclic amines) is 1. The number of rotatable bonds is 7. The van der Waals surface area contributed by atoms with E-state index in [1.807, 2.05) is 41.5 Å². The summed E-state index contributed by atoms with van der Waals surface area (Å²) in [6, 6.07) is -1.41. The third-order valence-electron chi connectivity index (χ3n) is 7.38. The van der Waals surface area contributed by atoms with Crippen molar-refractivity contribution >= 4 is 34.4 Å². The molecule has 0 radical (unpaired) electrons. The van der Waals surface area contributed by atoms with E-state index < -0.39 is 51.9 Å². The van der Waals surface area contributed by atoms with Crippen molar-refractivity contribution < 1.29 is 32.1 Å². The van der Waals surface area contributed by atoms with Gasteiger partial charge in [0.1, 0.15) is 11.6 Å². The summed E-state index contributed by atoms with van der Waals surface area (Å²) in [5.74, 6) is -0.867. The van der Waals surface area contributed by atoms with Gasteiger partial charge in [-0.3, -0.25) is 4.79 Å². The lowest BCUT2D eigenvalue weighted by Crippen LogP contribution is -2.57. The lowest BCUT2D eigenvalue weighted by molar-refractivity contribution is -0.137. The maximum Gasteiger partial charge on any atom is 0.498 e. The summed E-state index contributed by atoms with van der Waals surface area (Å²) in [4.78, 5) is 35.8. The number of hydrogen-bond acceptors (Lipinski definition) is 9. The van der Waals surface area contributed by atoms with Gasteiger partial charge in [0.2, 0.25) is 20.9 Å². The highest BCUT2D eigenvalue weighted by Gasteiger charge is 2.52. The molecule has 2 saturated heterocycles.